The number of rotatable bonds is 8. The van der Waals surface area contributed by atoms with Gasteiger partial charge in [0.1, 0.15) is 0 Å². The highest BCUT2D eigenvalue weighted by Crippen LogP contribution is 2.14. The van der Waals surface area contributed by atoms with E-state index in [4.69, 9.17) is 4.74 Å². The number of carbonyl (C=O) groups excluding carboxylic acids is 1. The van der Waals surface area contributed by atoms with E-state index in [-0.39, 0.29) is 18.3 Å². The quantitative estimate of drug-likeness (QED) is 0.762. The molecule has 0 fully saturated rings. The maximum Gasteiger partial charge on any atom is 0.257 e. The molecule has 0 unspecified atom stereocenters. The smallest absolute Gasteiger partial charge is 0.257 e. The van der Waals surface area contributed by atoms with Crippen LogP contribution in [0.2, 0.25) is 0 Å². The van der Waals surface area contributed by atoms with Gasteiger partial charge in [0.15, 0.2) is 18.2 Å². The molecule has 0 saturated heterocycles. The van der Waals surface area contributed by atoms with Crippen LogP contribution in [0, 0.1) is 5.82 Å². The van der Waals surface area contributed by atoms with Gasteiger partial charge in [0.2, 0.25) is 0 Å². The van der Waals surface area contributed by atoms with Crippen LogP contribution >= 0.6 is 0 Å². The van der Waals surface area contributed by atoms with E-state index in [2.05, 4.69) is 10.2 Å². The molecule has 0 bridgehead atoms. The van der Waals surface area contributed by atoms with E-state index >= 15 is 0 Å². The van der Waals surface area contributed by atoms with Crippen LogP contribution in [0.15, 0.2) is 54.6 Å². The van der Waals surface area contributed by atoms with Crippen molar-refractivity contribution in [2.75, 3.05) is 31.6 Å². The summed E-state index contributed by atoms with van der Waals surface area (Å²) in [7, 11) is 2.01. The van der Waals surface area contributed by atoms with Crippen molar-refractivity contribution in [3.63, 3.8) is 0 Å². The average Bonchev–Trinajstić information content (AvgIpc) is 2.58. The van der Waals surface area contributed by atoms with Gasteiger partial charge >= 0.3 is 0 Å². The molecule has 4 nitrogen and oxygen atoms in total. The predicted octanol–water partition coefficient (Wildman–Crippen LogP) is 2.85. The van der Waals surface area contributed by atoms with Crippen molar-refractivity contribution >= 4 is 11.6 Å². The Bertz CT molecular complexity index is 619. The molecule has 0 atom stereocenters. The van der Waals surface area contributed by atoms with Crippen molar-refractivity contribution in [1.82, 2.24) is 5.32 Å². The molecule has 0 aliphatic carbocycles. The Hall–Kier alpha value is -2.56. The van der Waals surface area contributed by atoms with Gasteiger partial charge in [-0.15, -0.1) is 0 Å². The number of amides is 1. The fourth-order valence-corrected chi connectivity index (χ4v) is 2.11. The number of hydrogen-bond donors (Lipinski definition) is 1. The molecule has 0 aliphatic heterocycles. The molecule has 23 heavy (non-hydrogen) atoms. The number of nitrogens with one attached hydrogen (secondary N) is 1. The van der Waals surface area contributed by atoms with E-state index < -0.39 is 5.82 Å². The third-order valence-electron chi connectivity index (χ3n) is 3.38. The Balaban J connectivity index is 1.62. The molecule has 0 aromatic heterocycles. The lowest BCUT2D eigenvalue weighted by molar-refractivity contribution is -0.123. The van der Waals surface area contributed by atoms with Gasteiger partial charge in [0.05, 0.1) is 0 Å². The number of hydrogen-bond acceptors (Lipinski definition) is 3. The van der Waals surface area contributed by atoms with E-state index in [1.807, 2.05) is 37.4 Å². The topological polar surface area (TPSA) is 41.6 Å². The monoisotopic (exact) mass is 316 g/mol. The first kappa shape index (κ1) is 16.8. The summed E-state index contributed by atoms with van der Waals surface area (Å²) in [5.41, 5.74) is 1.14. The normalized spacial score (nSPS) is 10.2. The number of para-hydroxylation sites is 2. The van der Waals surface area contributed by atoms with Crippen LogP contribution in [0.1, 0.15) is 6.42 Å². The van der Waals surface area contributed by atoms with E-state index in [1.54, 1.807) is 12.1 Å². The standard InChI is InChI=1S/C18H21FN2O2/c1-21(15-8-3-2-4-9-15)13-7-12-20-18(22)14-23-17-11-6-5-10-16(17)19/h2-6,8-11H,7,12-14H2,1H3,(H,20,22). The van der Waals surface area contributed by atoms with E-state index in [1.165, 1.54) is 12.1 Å². The van der Waals surface area contributed by atoms with Gasteiger partial charge in [-0.2, -0.15) is 0 Å². The van der Waals surface area contributed by atoms with Gasteiger partial charge in [-0.1, -0.05) is 30.3 Å². The average molecular weight is 316 g/mol. The second kappa shape index (κ2) is 8.78. The number of carbonyl (C=O) groups is 1. The van der Waals surface area contributed by atoms with Crippen LogP contribution in [-0.4, -0.2) is 32.7 Å². The van der Waals surface area contributed by atoms with Crippen LogP contribution < -0.4 is 15.0 Å². The summed E-state index contributed by atoms with van der Waals surface area (Å²) >= 11 is 0. The molecule has 0 radical (unpaired) electrons. The summed E-state index contributed by atoms with van der Waals surface area (Å²) < 4.78 is 18.5. The molecular formula is C18H21FN2O2. The zero-order chi connectivity index (χ0) is 16.5. The minimum atomic E-state index is -0.468. The number of anilines is 1. The maximum absolute atomic E-state index is 13.3. The van der Waals surface area contributed by atoms with Crippen molar-refractivity contribution in [2.24, 2.45) is 0 Å². The molecule has 1 N–H and O–H groups in total. The summed E-state index contributed by atoms with van der Waals surface area (Å²) in [5.74, 6) is -0.633. The predicted molar refractivity (Wildman–Crippen MR) is 89.2 cm³/mol. The van der Waals surface area contributed by atoms with Crippen LogP contribution in [0.5, 0.6) is 5.75 Å². The molecular weight excluding hydrogens is 295 g/mol. The van der Waals surface area contributed by atoms with Crippen molar-refractivity contribution < 1.29 is 13.9 Å². The number of ether oxygens (including phenoxy) is 1. The fourth-order valence-electron chi connectivity index (χ4n) is 2.11. The second-order valence-corrected chi connectivity index (χ2v) is 5.18. The number of benzene rings is 2. The molecule has 0 heterocycles. The lowest BCUT2D eigenvalue weighted by atomic mass is 10.3. The summed E-state index contributed by atoms with van der Waals surface area (Å²) in [4.78, 5) is 13.8. The van der Waals surface area contributed by atoms with Gasteiger partial charge in [-0.3, -0.25) is 4.79 Å². The highest BCUT2D eigenvalue weighted by Gasteiger charge is 2.06. The Morgan fingerprint density at radius 3 is 2.57 bits per heavy atom. The first-order valence-electron chi connectivity index (χ1n) is 7.57. The van der Waals surface area contributed by atoms with Crippen molar-refractivity contribution in [1.29, 1.82) is 0 Å². The molecule has 2 aromatic carbocycles. The minimum absolute atomic E-state index is 0.0893. The Morgan fingerprint density at radius 2 is 1.83 bits per heavy atom. The zero-order valence-corrected chi connectivity index (χ0v) is 13.2. The van der Waals surface area contributed by atoms with Crippen molar-refractivity contribution in [2.45, 2.75) is 6.42 Å². The molecule has 1 amide bonds. The summed E-state index contributed by atoms with van der Waals surface area (Å²) in [5, 5.41) is 2.77. The van der Waals surface area contributed by atoms with Gasteiger partial charge in [-0.25, -0.2) is 4.39 Å². The van der Waals surface area contributed by atoms with Crippen molar-refractivity contribution in [3.8, 4) is 5.75 Å². The van der Waals surface area contributed by atoms with Crippen LogP contribution in [-0.2, 0) is 4.79 Å². The van der Waals surface area contributed by atoms with Gasteiger partial charge in [-0.05, 0) is 30.7 Å². The highest BCUT2D eigenvalue weighted by molar-refractivity contribution is 5.77. The van der Waals surface area contributed by atoms with E-state index in [0.717, 1.165) is 18.7 Å². The Labute approximate surface area is 135 Å². The molecule has 0 spiro atoms. The number of nitrogens with zero attached hydrogens (tertiary/aromatic N) is 1. The molecule has 122 valence electrons. The third-order valence-corrected chi connectivity index (χ3v) is 3.38. The molecule has 0 saturated carbocycles. The summed E-state index contributed by atoms with van der Waals surface area (Å²) in [6.45, 7) is 1.20. The minimum Gasteiger partial charge on any atom is -0.481 e. The lowest BCUT2D eigenvalue weighted by Crippen LogP contribution is -2.31. The number of halogens is 1. The fraction of sp³-hybridized carbons (Fsp3) is 0.278. The first-order valence-corrected chi connectivity index (χ1v) is 7.57. The van der Waals surface area contributed by atoms with Gasteiger partial charge in [0, 0.05) is 25.8 Å². The largest absolute Gasteiger partial charge is 0.481 e. The van der Waals surface area contributed by atoms with E-state index in [0.29, 0.717) is 6.54 Å². The second-order valence-electron chi connectivity index (χ2n) is 5.18. The van der Waals surface area contributed by atoms with Gasteiger partial charge < -0.3 is 15.0 Å². The maximum atomic E-state index is 13.3. The third kappa shape index (κ3) is 5.62. The Kier molecular flexibility index (Phi) is 6.41. The van der Waals surface area contributed by atoms with Gasteiger partial charge in [0.25, 0.3) is 5.91 Å². The molecule has 5 heteroatoms. The Morgan fingerprint density at radius 1 is 1.13 bits per heavy atom. The summed E-state index contributed by atoms with van der Waals surface area (Å²) in [6, 6.07) is 16.1. The highest BCUT2D eigenvalue weighted by atomic mass is 19.1. The zero-order valence-electron chi connectivity index (χ0n) is 13.2. The molecule has 2 rings (SSSR count). The SMILES string of the molecule is CN(CCCNC(=O)COc1ccccc1F)c1ccccc1. The first-order chi connectivity index (χ1) is 11.2. The van der Waals surface area contributed by atoms with Crippen LogP contribution in [0.25, 0.3) is 0 Å². The van der Waals surface area contributed by atoms with Crippen molar-refractivity contribution in [3.05, 3.63) is 60.4 Å². The molecule has 0 aliphatic rings. The molecule has 2 aromatic rings. The van der Waals surface area contributed by atoms with Crippen LogP contribution in [0.3, 0.4) is 0 Å². The van der Waals surface area contributed by atoms with E-state index in [9.17, 15) is 9.18 Å². The lowest BCUT2D eigenvalue weighted by Gasteiger charge is -2.19. The van der Waals surface area contributed by atoms with Crippen LogP contribution in [0.4, 0.5) is 10.1 Å². The summed E-state index contributed by atoms with van der Waals surface area (Å²) in [6.07, 6.45) is 0.816.